The Hall–Kier alpha value is -2.27. The van der Waals surface area contributed by atoms with Crippen LogP contribution in [0.4, 0.5) is 4.79 Å². The molecule has 2 aromatic rings. The van der Waals surface area contributed by atoms with Crippen molar-refractivity contribution in [3.63, 3.8) is 0 Å². The Labute approximate surface area is 165 Å². The van der Waals surface area contributed by atoms with Crippen molar-refractivity contribution in [1.82, 2.24) is 20.5 Å². The second kappa shape index (κ2) is 8.00. The molecule has 0 saturated carbocycles. The van der Waals surface area contributed by atoms with Crippen LogP contribution in [0.25, 0.3) is 10.2 Å². The first kappa shape index (κ1) is 19.1. The van der Waals surface area contributed by atoms with E-state index in [1.165, 1.54) is 11.3 Å². The molecule has 4 N–H and O–H groups in total. The lowest BCUT2D eigenvalue weighted by Gasteiger charge is -2.14. The molecule has 4 rings (SSSR count). The number of urea groups is 1. The number of aromatic nitrogens is 1. The summed E-state index contributed by atoms with van der Waals surface area (Å²) >= 11 is 1.45. The first-order valence-corrected chi connectivity index (χ1v) is 10.0. The van der Waals surface area contributed by atoms with Gasteiger partial charge in [0.05, 0.1) is 22.9 Å². The minimum Gasteiger partial charge on any atom is -0.394 e. The van der Waals surface area contributed by atoms with Gasteiger partial charge in [-0.05, 0) is 18.2 Å². The van der Waals surface area contributed by atoms with E-state index < -0.39 is 12.2 Å². The van der Waals surface area contributed by atoms with E-state index >= 15 is 0 Å². The molecule has 3 amide bonds. The number of carbonyl (C=O) groups excluding carboxylic acids is 2. The molecular weight excluding hydrogens is 384 g/mol. The van der Waals surface area contributed by atoms with E-state index in [9.17, 15) is 19.8 Å². The summed E-state index contributed by atoms with van der Waals surface area (Å²) in [5.41, 5.74) is 1.19. The van der Waals surface area contributed by atoms with Gasteiger partial charge >= 0.3 is 6.03 Å². The summed E-state index contributed by atoms with van der Waals surface area (Å²) in [4.78, 5) is 30.1. The molecule has 150 valence electrons. The minimum atomic E-state index is -0.707. The number of nitrogens with one attached hydrogen (secondary N) is 2. The Bertz CT molecular complexity index is 888. The molecular formula is C18H22N4O5S. The maximum atomic E-state index is 12.4. The number of carbonyl (C=O) groups is 2. The Balaban J connectivity index is 1.40. The van der Waals surface area contributed by atoms with Crippen molar-refractivity contribution in [2.45, 2.75) is 24.7 Å². The first-order valence-electron chi connectivity index (χ1n) is 9.21. The molecule has 0 bridgehead atoms. The predicted octanol–water partition coefficient (Wildman–Crippen LogP) is 0.235. The van der Waals surface area contributed by atoms with Crippen LogP contribution in [-0.2, 0) is 4.74 Å². The van der Waals surface area contributed by atoms with E-state index in [1.807, 2.05) is 6.07 Å². The molecule has 2 saturated heterocycles. The second-order valence-corrected chi connectivity index (χ2v) is 7.92. The van der Waals surface area contributed by atoms with Crippen LogP contribution in [0, 0.1) is 0 Å². The van der Waals surface area contributed by atoms with Crippen molar-refractivity contribution < 1.29 is 24.5 Å². The minimum absolute atomic E-state index is 0.103. The van der Waals surface area contributed by atoms with E-state index in [0.717, 1.165) is 9.71 Å². The van der Waals surface area contributed by atoms with Gasteiger partial charge in [0.1, 0.15) is 17.2 Å². The smallest absolute Gasteiger partial charge is 0.317 e. The van der Waals surface area contributed by atoms with Crippen molar-refractivity contribution in [1.29, 1.82) is 0 Å². The molecule has 2 aliphatic heterocycles. The average Bonchev–Trinajstić information content (AvgIpc) is 3.39. The summed E-state index contributed by atoms with van der Waals surface area (Å²) in [7, 11) is 0. The second-order valence-electron chi connectivity index (χ2n) is 6.86. The van der Waals surface area contributed by atoms with Crippen LogP contribution in [0.15, 0.2) is 18.2 Å². The number of hydrogen-bond donors (Lipinski definition) is 4. The molecule has 28 heavy (non-hydrogen) atoms. The number of fused-ring (bicyclic) bond motifs is 1. The molecule has 10 heteroatoms. The Morgan fingerprint density at radius 1 is 1.46 bits per heavy atom. The lowest BCUT2D eigenvalue weighted by molar-refractivity contribution is -0.0225. The topological polar surface area (TPSA) is 124 Å². The highest BCUT2D eigenvalue weighted by molar-refractivity contribution is 7.18. The molecule has 2 aliphatic rings. The molecule has 1 aromatic carbocycles. The maximum absolute atomic E-state index is 12.4. The Kier molecular flexibility index (Phi) is 5.44. The molecule has 0 unspecified atom stereocenters. The van der Waals surface area contributed by atoms with Crippen LogP contribution >= 0.6 is 11.3 Å². The molecule has 0 spiro atoms. The standard InChI is InChI=1S/C18H22N4O5S/c23-9-14-12(24)8-13(27-14)17-21-11-7-10(1-2-15(11)28-17)16(25)19-3-5-22-6-4-20-18(22)26/h1-2,7,12-14,23-24H,3-6,8-9H2,(H,19,25)(H,20,26)/t12-,13+,14+/m0/s1. The monoisotopic (exact) mass is 406 g/mol. The van der Waals surface area contributed by atoms with Crippen molar-refractivity contribution in [3.8, 4) is 0 Å². The Morgan fingerprint density at radius 2 is 2.32 bits per heavy atom. The predicted molar refractivity (Wildman–Crippen MR) is 102 cm³/mol. The lowest BCUT2D eigenvalue weighted by atomic mass is 10.1. The zero-order valence-electron chi connectivity index (χ0n) is 15.1. The van der Waals surface area contributed by atoms with Gasteiger partial charge in [0.2, 0.25) is 0 Å². The van der Waals surface area contributed by atoms with Crippen LogP contribution < -0.4 is 10.6 Å². The fourth-order valence-corrected chi connectivity index (χ4v) is 4.40. The number of amides is 3. The maximum Gasteiger partial charge on any atom is 0.317 e. The van der Waals surface area contributed by atoms with Crippen LogP contribution in [0.3, 0.4) is 0 Å². The van der Waals surface area contributed by atoms with Gasteiger partial charge in [-0.1, -0.05) is 0 Å². The third kappa shape index (κ3) is 3.81. The van der Waals surface area contributed by atoms with Crippen molar-refractivity contribution in [2.24, 2.45) is 0 Å². The summed E-state index contributed by atoms with van der Waals surface area (Å²) in [6, 6.07) is 5.20. The fraction of sp³-hybridized carbons (Fsp3) is 0.500. The SMILES string of the molecule is O=C(NCCN1CCNC1=O)c1ccc2sc([C@H]3C[C@H](O)[C@@H](CO)O3)nc2c1. The summed E-state index contributed by atoms with van der Waals surface area (Å²) in [6.45, 7) is 1.90. The van der Waals surface area contributed by atoms with Crippen LogP contribution in [-0.4, -0.2) is 77.0 Å². The number of aliphatic hydroxyl groups is 2. The number of nitrogens with zero attached hydrogens (tertiary/aromatic N) is 2. The molecule has 1 aromatic heterocycles. The highest BCUT2D eigenvalue weighted by atomic mass is 32.1. The highest BCUT2D eigenvalue weighted by Gasteiger charge is 2.35. The van der Waals surface area contributed by atoms with Gasteiger partial charge in [0.25, 0.3) is 5.91 Å². The van der Waals surface area contributed by atoms with Crippen molar-refractivity contribution in [2.75, 3.05) is 32.8 Å². The summed E-state index contributed by atoms with van der Waals surface area (Å²) in [6.07, 6.45) is -1.26. The van der Waals surface area contributed by atoms with E-state index in [4.69, 9.17) is 4.74 Å². The van der Waals surface area contributed by atoms with Gasteiger partial charge in [-0.25, -0.2) is 9.78 Å². The molecule has 0 radical (unpaired) electrons. The molecule has 9 nitrogen and oxygen atoms in total. The van der Waals surface area contributed by atoms with Gasteiger partial charge < -0.3 is 30.5 Å². The van der Waals surface area contributed by atoms with E-state index in [-0.39, 0.29) is 24.6 Å². The zero-order valence-corrected chi connectivity index (χ0v) is 15.9. The van der Waals surface area contributed by atoms with Crippen LogP contribution in [0.1, 0.15) is 27.9 Å². The van der Waals surface area contributed by atoms with Gasteiger partial charge in [-0.3, -0.25) is 4.79 Å². The zero-order chi connectivity index (χ0) is 19.7. The summed E-state index contributed by atoms with van der Waals surface area (Å²) in [5.74, 6) is -0.219. The van der Waals surface area contributed by atoms with Gasteiger partial charge in [-0.2, -0.15) is 0 Å². The lowest BCUT2D eigenvalue weighted by Crippen LogP contribution is -2.36. The van der Waals surface area contributed by atoms with Gasteiger partial charge in [-0.15, -0.1) is 11.3 Å². The third-order valence-corrected chi connectivity index (χ3v) is 6.09. The first-order chi connectivity index (χ1) is 13.5. The molecule has 0 aliphatic carbocycles. The average molecular weight is 406 g/mol. The van der Waals surface area contributed by atoms with Gasteiger partial charge in [0, 0.05) is 38.2 Å². The van der Waals surface area contributed by atoms with Gasteiger partial charge in [0.15, 0.2) is 0 Å². The van der Waals surface area contributed by atoms with Crippen molar-refractivity contribution >= 4 is 33.5 Å². The number of benzene rings is 1. The number of hydrogen-bond acceptors (Lipinski definition) is 7. The number of thiazole rings is 1. The van der Waals surface area contributed by atoms with E-state index in [1.54, 1.807) is 17.0 Å². The number of rotatable bonds is 6. The van der Waals surface area contributed by atoms with Crippen LogP contribution in [0.5, 0.6) is 0 Å². The fourth-order valence-electron chi connectivity index (χ4n) is 3.41. The summed E-state index contributed by atoms with van der Waals surface area (Å²) in [5, 5.41) is 25.4. The highest BCUT2D eigenvalue weighted by Crippen LogP contribution is 2.37. The number of aliphatic hydroxyl groups excluding tert-OH is 2. The van der Waals surface area contributed by atoms with E-state index in [2.05, 4.69) is 15.6 Å². The quantitative estimate of drug-likeness (QED) is 0.545. The largest absolute Gasteiger partial charge is 0.394 e. The molecule has 3 heterocycles. The molecule has 3 atom stereocenters. The van der Waals surface area contributed by atoms with Crippen molar-refractivity contribution in [3.05, 3.63) is 28.8 Å². The number of ether oxygens (including phenoxy) is 1. The van der Waals surface area contributed by atoms with E-state index in [0.29, 0.717) is 43.7 Å². The Morgan fingerprint density at radius 3 is 3.04 bits per heavy atom. The normalized spacial score (nSPS) is 24.7. The third-order valence-electron chi connectivity index (χ3n) is 4.96. The summed E-state index contributed by atoms with van der Waals surface area (Å²) < 4.78 is 6.58. The molecule has 2 fully saturated rings. The van der Waals surface area contributed by atoms with Crippen LogP contribution in [0.2, 0.25) is 0 Å².